The molecule has 1 aromatic carbocycles. The van der Waals surface area contributed by atoms with Gasteiger partial charge in [-0.1, -0.05) is 18.2 Å². The van der Waals surface area contributed by atoms with Crippen molar-refractivity contribution in [3.05, 3.63) is 36.5 Å². The van der Waals surface area contributed by atoms with Crippen molar-refractivity contribution in [2.45, 2.75) is 13.0 Å². The lowest BCUT2D eigenvalue weighted by Crippen LogP contribution is -2.37. The van der Waals surface area contributed by atoms with Crippen molar-refractivity contribution in [3.63, 3.8) is 0 Å². The van der Waals surface area contributed by atoms with Crippen LogP contribution in [-0.2, 0) is 4.79 Å². The molecule has 4 heteroatoms. The summed E-state index contributed by atoms with van der Waals surface area (Å²) in [5.41, 5.74) is 0.651. The van der Waals surface area contributed by atoms with Gasteiger partial charge in [0.2, 0.25) is 0 Å². The minimum atomic E-state index is -1.24. The molecule has 0 aliphatic heterocycles. The van der Waals surface area contributed by atoms with Crippen molar-refractivity contribution < 1.29 is 14.6 Å². The van der Waals surface area contributed by atoms with Crippen molar-refractivity contribution in [1.82, 2.24) is 4.98 Å². The number of carbonyl (C=O) groups excluding carboxylic acids is 1. The summed E-state index contributed by atoms with van der Waals surface area (Å²) >= 11 is 0. The molecule has 0 N–H and O–H groups in total. The quantitative estimate of drug-likeness (QED) is 0.759. The van der Waals surface area contributed by atoms with Crippen LogP contribution in [0, 0.1) is 0 Å². The highest BCUT2D eigenvalue weighted by atomic mass is 16.5. The number of benzene rings is 1. The van der Waals surface area contributed by atoms with Gasteiger partial charge in [0.25, 0.3) is 0 Å². The molecule has 16 heavy (non-hydrogen) atoms. The van der Waals surface area contributed by atoms with Crippen molar-refractivity contribution in [3.8, 4) is 5.75 Å². The van der Waals surface area contributed by atoms with E-state index in [2.05, 4.69) is 4.98 Å². The largest absolute Gasteiger partial charge is 0.546 e. The van der Waals surface area contributed by atoms with Gasteiger partial charge in [-0.05, 0) is 19.1 Å². The molecule has 0 saturated carbocycles. The minimum absolute atomic E-state index is 0.454. The van der Waals surface area contributed by atoms with E-state index < -0.39 is 12.1 Å². The van der Waals surface area contributed by atoms with E-state index in [0.717, 1.165) is 5.39 Å². The van der Waals surface area contributed by atoms with Gasteiger partial charge in [0.1, 0.15) is 17.4 Å². The highest BCUT2D eigenvalue weighted by Crippen LogP contribution is 2.23. The lowest BCUT2D eigenvalue weighted by molar-refractivity contribution is -0.312. The number of para-hydroxylation sites is 1. The van der Waals surface area contributed by atoms with Gasteiger partial charge in [-0.25, -0.2) is 0 Å². The molecule has 0 aliphatic carbocycles. The molecule has 0 saturated heterocycles. The van der Waals surface area contributed by atoms with E-state index in [-0.39, 0.29) is 0 Å². The SMILES string of the molecule is CC(Oc1cccc2cccnc12)C(=O)[O-]. The van der Waals surface area contributed by atoms with Crippen molar-refractivity contribution >= 4 is 16.9 Å². The van der Waals surface area contributed by atoms with E-state index in [1.807, 2.05) is 18.2 Å². The van der Waals surface area contributed by atoms with Crippen molar-refractivity contribution in [1.29, 1.82) is 0 Å². The first-order chi connectivity index (χ1) is 7.68. The smallest absolute Gasteiger partial charge is 0.146 e. The van der Waals surface area contributed by atoms with Crippen LogP contribution in [0.2, 0.25) is 0 Å². The lowest BCUT2D eigenvalue weighted by Gasteiger charge is -2.16. The average Bonchev–Trinajstić information content (AvgIpc) is 2.29. The molecule has 0 bridgehead atoms. The average molecular weight is 216 g/mol. The van der Waals surface area contributed by atoms with Crippen LogP contribution < -0.4 is 9.84 Å². The summed E-state index contributed by atoms with van der Waals surface area (Å²) in [7, 11) is 0. The van der Waals surface area contributed by atoms with Crippen molar-refractivity contribution in [2.75, 3.05) is 0 Å². The number of carboxylic acid groups (broad SMARTS) is 1. The van der Waals surface area contributed by atoms with Gasteiger partial charge in [0, 0.05) is 11.6 Å². The first-order valence-electron chi connectivity index (χ1n) is 4.90. The van der Waals surface area contributed by atoms with Crippen LogP contribution in [0.5, 0.6) is 5.75 Å². The third-order valence-corrected chi connectivity index (χ3v) is 2.23. The number of ether oxygens (including phenoxy) is 1. The normalized spacial score (nSPS) is 12.3. The van der Waals surface area contributed by atoms with Crippen LogP contribution in [0.4, 0.5) is 0 Å². The number of aliphatic carboxylic acids is 1. The number of hydrogen-bond acceptors (Lipinski definition) is 4. The molecule has 1 unspecified atom stereocenters. The molecule has 0 amide bonds. The van der Waals surface area contributed by atoms with E-state index in [4.69, 9.17) is 4.74 Å². The van der Waals surface area contributed by atoms with Crippen LogP contribution >= 0.6 is 0 Å². The Hall–Kier alpha value is -2.10. The first-order valence-corrected chi connectivity index (χ1v) is 4.90. The number of rotatable bonds is 3. The Kier molecular flexibility index (Phi) is 2.72. The zero-order valence-corrected chi connectivity index (χ0v) is 8.71. The first kappa shape index (κ1) is 10.4. The van der Waals surface area contributed by atoms with Crippen LogP contribution in [0.3, 0.4) is 0 Å². The molecule has 1 heterocycles. The number of aromatic nitrogens is 1. The maximum atomic E-state index is 10.6. The standard InChI is InChI=1S/C12H11NO3/c1-8(12(14)15)16-10-6-2-4-9-5-3-7-13-11(9)10/h2-8H,1H3,(H,14,15)/p-1. The Balaban J connectivity index is 2.41. The van der Waals surface area contributed by atoms with E-state index in [9.17, 15) is 9.90 Å². The van der Waals surface area contributed by atoms with Gasteiger partial charge in [-0.3, -0.25) is 4.98 Å². The summed E-state index contributed by atoms with van der Waals surface area (Å²) in [5.74, 6) is -0.789. The molecule has 2 aromatic rings. The lowest BCUT2D eigenvalue weighted by atomic mass is 10.2. The van der Waals surface area contributed by atoms with Gasteiger partial charge < -0.3 is 14.6 Å². The zero-order chi connectivity index (χ0) is 11.5. The second kappa shape index (κ2) is 4.18. The fraction of sp³-hybridized carbons (Fsp3) is 0.167. The predicted molar refractivity (Wildman–Crippen MR) is 56.8 cm³/mol. The summed E-state index contributed by atoms with van der Waals surface area (Å²) in [6.07, 6.45) is 0.645. The molecule has 0 radical (unpaired) electrons. The Morgan fingerprint density at radius 2 is 2.12 bits per heavy atom. The van der Waals surface area contributed by atoms with Gasteiger partial charge in [-0.2, -0.15) is 0 Å². The molecule has 1 aromatic heterocycles. The molecule has 0 spiro atoms. The molecule has 0 fully saturated rings. The topological polar surface area (TPSA) is 62.2 Å². The fourth-order valence-electron chi connectivity index (χ4n) is 1.41. The number of nitrogens with zero attached hydrogens (tertiary/aromatic N) is 1. The number of carboxylic acids is 1. The molecular formula is C12H10NO3-. The Labute approximate surface area is 92.5 Å². The Morgan fingerprint density at radius 1 is 1.38 bits per heavy atom. The molecule has 2 rings (SSSR count). The molecular weight excluding hydrogens is 206 g/mol. The third-order valence-electron chi connectivity index (χ3n) is 2.23. The Morgan fingerprint density at radius 3 is 2.88 bits per heavy atom. The van der Waals surface area contributed by atoms with Crippen LogP contribution in [-0.4, -0.2) is 17.1 Å². The minimum Gasteiger partial charge on any atom is -0.546 e. The summed E-state index contributed by atoms with van der Waals surface area (Å²) in [6.45, 7) is 1.43. The monoisotopic (exact) mass is 216 g/mol. The second-order valence-corrected chi connectivity index (χ2v) is 3.41. The van der Waals surface area contributed by atoms with Gasteiger partial charge in [-0.15, -0.1) is 0 Å². The van der Waals surface area contributed by atoms with E-state index in [1.165, 1.54) is 6.92 Å². The number of hydrogen-bond donors (Lipinski definition) is 0. The number of fused-ring (bicyclic) bond motifs is 1. The maximum Gasteiger partial charge on any atom is 0.146 e. The summed E-state index contributed by atoms with van der Waals surface area (Å²) < 4.78 is 5.26. The summed E-state index contributed by atoms with van der Waals surface area (Å²) in [4.78, 5) is 14.7. The number of pyridine rings is 1. The molecule has 4 nitrogen and oxygen atoms in total. The zero-order valence-electron chi connectivity index (χ0n) is 8.71. The number of carbonyl (C=O) groups is 1. The highest BCUT2D eigenvalue weighted by molar-refractivity contribution is 5.84. The van der Waals surface area contributed by atoms with E-state index in [0.29, 0.717) is 11.3 Å². The van der Waals surface area contributed by atoms with Gasteiger partial charge in [0.05, 0.1) is 5.97 Å². The Bertz CT molecular complexity index is 519. The molecule has 82 valence electrons. The van der Waals surface area contributed by atoms with Crippen LogP contribution in [0.1, 0.15) is 6.92 Å². The van der Waals surface area contributed by atoms with Gasteiger partial charge in [0.15, 0.2) is 0 Å². The third kappa shape index (κ3) is 1.95. The summed E-state index contributed by atoms with van der Waals surface area (Å²) in [5, 5.41) is 11.5. The maximum absolute atomic E-state index is 10.6. The van der Waals surface area contributed by atoms with E-state index >= 15 is 0 Å². The molecule has 1 atom stereocenters. The second-order valence-electron chi connectivity index (χ2n) is 3.41. The molecule has 0 aliphatic rings. The van der Waals surface area contributed by atoms with E-state index in [1.54, 1.807) is 18.3 Å². The van der Waals surface area contributed by atoms with Crippen molar-refractivity contribution in [2.24, 2.45) is 0 Å². The fourth-order valence-corrected chi connectivity index (χ4v) is 1.41. The van der Waals surface area contributed by atoms with Gasteiger partial charge >= 0.3 is 0 Å². The van der Waals surface area contributed by atoms with Crippen LogP contribution in [0.25, 0.3) is 10.9 Å². The van der Waals surface area contributed by atoms with Crippen LogP contribution in [0.15, 0.2) is 36.5 Å². The highest BCUT2D eigenvalue weighted by Gasteiger charge is 2.08. The summed E-state index contributed by atoms with van der Waals surface area (Å²) in [6, 6.07) is 9.07. The predicted octanol–water partition coefficient (Wildman–Crippen LogP) is 0.752.